The number of hydrogen-bond acceptors (Lipinski definition) is 3. The Bertz CT molecular complexity index is 683. The fourth-order valence-electron chi connectivity index (χ4n) is 1.83. The van der Waals surface area contributed by atoms with Gasteiger partial charge in [-0.1, -0.05) is 30.4 Å². The van der Waals surface area contributed by atoms with Crippen LogP contribution in [0, 0.1) is 6.92 Å². The lowest BCUT2D eigenvalue weighted by atomic mass is 10.1. The monoisotopic (exact) mass is 286 g/mol. The molecule has 0 unspecified atom stereocenters. The summed E-state index contributed by atoms with van der Waals surface area (Å²) >= 11 is 4.94. The van der Waals surface area contributed by atoms with Gasteiger partial charge in [0, 0.05) is 5.56 Å². The van der Waals surface area contributed by atoms with Crippen LogP contribution in [-0.2, 0) is 0 Å². The molecule has 102 valence electrons. The van der Waals surface area contributed by atoms with Gasteiger partial charge in [-0.15, -0.1) is 0 Å². The first-order valence-corrected chi connectivity index (χ1v) is 6.39. The quantitative estimate of drug-likeness (QED) is 0.758. The molecule has 0 spiro atoms. The fourth-order valence-corrected chi connectivity index (χ4v) is 2.01. The first kappa shape index (κ1) is 14.0. The second kappa shape index (κ2) is 5.71. The van der Waals surface area contributed by atoms with Crippen molar-refractivity contribution in [2.45, 2.75) is 6.92 Å². The molecule has 0 aliphatic rings. The number of benzene rings is 2. The summed E-state index contributed by atoms with van der Waals surface area (Å²) in [5, 5.41) is 12.5. The predicted molar refractivity (Wildman–Crippen MR) is 83.1 cm³/mol. The SMILES string of the molecule is Cc1ccc(C(=O)Nc2ccccc2C(N)=S)c(O)c1. The normalized spacial score (nSPS) is 10.1. The largest absolute Gasteiger partial charge is 0.507 e. The lowest BCUT2D eigenvalue weighted by Crippen LogP contribution is -2.17. The van der Waals surface area contributed by atoms with Crippen molar-refractivity contribution in [2.75, 3.05) is 5.32 Å². The summed E-state index contributed by atoms with van der Waals surface area (Å²) in [6.45, 7) is 1.84. The third-order valence-electron chi connectivity index (χ3n) is 2.84. The maximum atomic E-state index is 12.2. The molecule has 2 aromatic carbocycles. The number of anilines is 1. The molecule has 4 N–H and O–H groups in total. The van der Waals surface area contributed by atoms with E-state index in [0.717, 1.165) is 5.56 Å². The Morgan fingerprint density at radius 1 is 1.20 bits per heavy atom. The number of carbonyl (C=O) groups excluding carboxylic acids is 1. The minimum absolute atomic E-state index is 0.0599. The van der Waals surface area contributed by atoms with Crippen LogP contribution in [0.3, 0.4) is 0 Å². The molecule has 5 heteroatoms. The summed E-state index contributed by atoms with van der Waals surface area (Å²) in [7, 11) is 0. The number of amides is 1. The van der Waals surface area contributed by atoms with Gasteiger partial charge in [0.1, 0.15) is 10.7 Å². The Morgan fingerprint density at radius 2 is 1.90 bits per heavy atom. The van der Waals surface area contributed by atoms with Crippen LogP contribution in [0.25, 0.3) is 0 Å². The summed E-state index contributed by atoms with van der Waals surface area (Å²) in [5.41, 5.74) is 7.79. The summed E-state index contributed by atoms with van der Waals surface area (Å²) in [6.07, 6.45) is 0. The second-order valence-electron chi connectivity index (χ2n) is 4.38. The molecule has 0 aromatic heterocycles. The van der Waals surface area contributed by atoms with Gasteiger partial charge in [-0.3, -0.25) is 4.79 Å². The van der Waals surface area contributed by atoms with Gasteiger partial charge in [0.25, 0.3) is 5.91 Å². The average molecular weight is 286 g/mol. The highest BCUT2D eigenvalue weighted by Gasteiger charge is 2.13. The number of para-hydroxylation sites is 1. The molecule has 0 radical (unpaired) electrons. The highest BCUT2D eigenvalue weighted by atomic mass is 32.1. The standard InChI is InChI=1S/C15H14N2O2S/c1-9-6-7-11(13(18)8-9)15(19)17-12-5-3-2-4-10(12)14(16)20/h2-8,18H,1H3,(H2,16,20)(H,17,19). The number of nitrogens with two attached hydrogens (primary N) is 1. The van der Waals surface area contributed by atoms with E-state index < -0.39 is 5.91 Å². The van der Waals surface area contributed by atoms with E-state index in [2.05, 4.69) is 5.32 Å². The third kappa shape index (κ3) is 2.95. The maximum absolute atomic E-state index is 12.2. The van der Waals surface area contributed by atoms with Crippen molar-refractivity contribution < 1.29 is 9.90 Å². The summed E-state index contributed by atoms with van der Waals surface area (Å²) in [5.74, 6) is -0.471. The summed E-state index contributed by atoms with van der Waals surface area (Å²) < 4.78 is 0. The molecule has 0 bridgehead atoms. The summed E-state index contributed by atoms with van der Waals surface area (Å²) in [4.78, 5) is 12.4. The Morgan fingerprint density at radius 3 is 2.55 bits per heavy atom. The van der Waals surface area contributed by atoms with Gasteiger partial charge in [-0.25, -0.2) is 0 Å². The molecule has 0 atom stereocenters. The minimum Gasteiger partial charge on any atom is -0.507 e. The zero-order valence-corrected chi connectivity index (χ0v) is 11.7. The van der Waals surface area contributed by atoms with Crippen molar-refractivity contribution >= 4 is 28.8 Å². The van der Waals surface area contributed by atoms with Gasteiger partial charge in [0.2, 0.25) is 0 Å². The topological polar surface area (TPSA) is 75.4 Å². The molecule has 20 heavy (non-hydrogen) atoms. The molecule has 0 heterocycles. The van der Waals surface area contributed by atoms with Gasteiger partial charge in [-0.05, 0) is 36.8 Å². The first-order chi connectivity index (χ1) is 9.49. The predicted octanol–water partition coefficient (Wildman–Crippen LogP) is 2.59. The number of thiocarbonyl (C=S) groups is 1. The number of phenolic OH excluding ortho intramolecular Hbond substituents is 1. The third-order valence-corrected chi connectivity index (χ3v) is 3.06. The van der Waals surface area contributed by atoms with Crippen LogP contribution in [0.1, 0.15) is 21.5 Å². The van der Waals surface area contributed by atoms with Crippen molar-refractivity contribution in [1.29, 1.82) is 0 Å². The Hall–Kier alpha value is -2.40. The lowest BCUT2D eigenvalue weighted by Gasteiger charge is -2.11. The van der Waals surface area contributed by atoms with Gasteiger partial charge in [0.15, 0.2) is 0 Å². The van der Waals surface area contributed by atoms with E-state index in [1.807, 2.05) is 6.92 Å². The molecular formula is C15H14N2O2S. The van der Waals surface area contributed by atoms with Crippen molar-refractivity contribution in [3.63, 3.8) is 0 Å². The molecule has 2 aromatic rings. The lowest BCUT2D eigenvalue weighted by molar-refractivity contribution is 0.102. The van der Waals surface area contributed by atoms with E-state index in [9.17, 15) is 9.90 Å². The molecule has 0 fully saturated rings. The van der Waals surface area contributed by atoms with Gasteiger partial charge < -0.3 is 16.2 Å². The van der Waals surface area contributed by atoms with E-state index in [1.165, 1.54) is 6.07 Å². The second-order valence-corrected chi connectivity index (χ2v) is 4.82. The highest BCUT2D eigenvalue weighted by molar-refractivity contribution is 7.80. The van der Waals surface area contributed by atoms with E-state index >= 15 is 0 Å². The number of rotatable bonds is 3. The molecule has 0 aliphatic heterocycles. The van der Waals surface area contributed by atoms with Crippen LogP contribution in [-0.4, -0.2) is 16.0 Å². The number of carbonyl (C=O) groups is 1. The number of hydrogen-bond donors (Lipinski definition) is 3. The number of phenols is 1. The van der Waals surface area contributed by atoms with E-state index in [-0.39, 0.29) is 16.3 Å². The summed E-state index contributed by atoms with van der Waals surface area (Å²) in [6, 6.07) is 11.9. The molecule has 0 saturated carbocycles. The molecule has 2 rings (SSSR count). The molecule has 4 nitrogen and oxygen atoms in total. The molecule has 1 amide bonds. The zero-order valence-electron chi connectivity index (χ0n) is 10.9. The van der Waals surface area contributed by atoms with Crippen LogP contribution in [0.2, 0.25) is 0 Å². The smallest absolute Gasteiger partial charge is 0.259 e. The van der Waals surface area contributed by atoms with Gasteiger partial charge >= 0.3 is 0 Å². The Balaban J connectivity index is 2.30. The fraction of sp³-hybridized carbons (Fsp3) is 0.0667. The van der Waals surface area contributed by atoms with Crippen molar-refractivity contribution in [3.8, 4) is 5.75 Å². The van der Waals surface area contributed by atoms with Crippen LogP contribution in [0.5, 0.6) is 5.75 Å². The zero-order chi connectivity index (χ0) is 14.7. The Kier molecular flexibility index (Phi) is 4.00. The average Bonchev–Trinajstić information content (AvgIpc) is 2.38. The van der Waals surface area contributed by atoms with Crippen LogP contribution in [0.15, 0.2) is 42.5 Å². The number of aryl methyl sites for hydroxylation is 1. The van der Waals surface area contributed by atoms with Gasteiger partial charge in [0.05, 0.1) is 11.3 Å². The van der Waals surface area contributed by atoms with E-state index in [4.69, 9.17) is 18.0 Å². The van der Waals surface area contributed by atoms with Gasteiger partial charge in [-0.2, -0.15) is 0 Å². The van der Waals surface area contributed by atoms with Crippen molar-refractivity contribution in [1.82, 2.24) is 0 Å². The molecular weight excluding hydrogens is 272 g/mol. The van der Waals surface area contributed by atoms with E-state index in [0.29, 0.717) is 11.3 Å². The van der Waals surface area contributed by atoms with Crippen molar-refractivity contribution in [2.24, 2.45) is 5.73 Å². The Labute approximate surface area is 122 Å². The van der Waals surface area contributed by atoms with Crippen molar-refractivity contribution in [3.05, 3.63) is 59.2 Å². The number of aromatic hydroxyl groups is 1. The first-order valence-electron chi connectivity index (χ1n) is 5.99. The van der Waals surface area contributed by atoms with E-state index in [1.54, 1.807) is 36.4 Å². The van der Waals surface area contributed by atoms with Crippen LogP contribution < -0.4 is 11.1 Å². The maximum Gasteiger partial charge on any atom is 0.259 e. The highest BCUT2D eigenvalue weighted by Crippen LogP contribution is 2.21. The minimum atomic E-state index is -0.411. The molecule has 0 aliphatic carbocycles. The molecule has 0 saturated heterocycles. The van der Waals surface area contributed by atoms with Crippen LogP contribution in [0.4, 0.5) is 5.69 Å². The van der Waals surface area contributed by atoms with Crippen LogP contribution >= 0.6 is 12.2 Å². The number of nitrogens with one attached hydrogen (secondary N) is 1.